The highest BCUT2D eigenvalue weighted by Gasteiger charge is 2.40. The second-order valence-corrected chi connectivity index (χ2v) is 14.3. The summed E-state index contributed by atoms with van der Waals surface area (Å²) in [6.07, 6.45) is 3.02. The molecule has 0 aliphatic heterocycles. The van der Waals surface area contributed by atoms with Gasteiger partial charge >= 0.3 is 0 Å². The van der Waals surface area contributed by atoms with E-state index in [1.165, 1.54) is 11.3 Å². The third-order valence-electron chi connectivity index (χ3n) is 5.53. The van der Waals surface area contributed by atoms with Crippen LogP contribution in [0.4, 0.5) is 0 Å². The summed E-state index contributed by atoms with van der Waals surface area (Å²) in [6, 6.07) is 0.127. The zero-order valence-electron chi connectivity index (χ0n) is 16.8. The number of amides is 1. The zero-order valence-corrected chi connectivity index (χ0v) is 18.6. The van der Waals surface area contributed by atoms with E-state index in [4.69, 9.17) is 8.84 Å². The zero-order chi connectivity index (χ0) is 19.8. The van der Waals surface area contributed by atoms with Crippen LogP contribution in [0.5, 0.6) is 0 Å². The highest BCUT2D eigenvalue weighted by molar-refractivity contribution is 7.11. The molecule has 0 saturated heterocycles. The molecule has 0 spiro atoms. The summed E-state index contributed by atoms with van der Waals surface area (Å²) in [5, 5.41) is 13.8. The van der Waals surface area contributed by atoms with Crippen molar-refractivity contribution in [1.29, 1.82) is 0 Å². The molecular weight excluding hydrogens is 380 g/mol. The molecule has 0 radical (unpaired) electrons. The van der Waals surface area contributed by atoms with Crippen molar-refractivity contribution in [2.75, 3.05) is 0 Å². The molecule has 148 valence electrons. The maximum atomic E-state index is 12.0. The normalized spacial score (nSPS) is 21.6. The van der Waals surface area contributed by atoms with E-state index < -0.39 is 8.32 Å². The Bertz CT molecular complexity index is 779. The molecule has 1 aliphatic carbocycles. The fraction of sp³-hybridized carbons (Fsp3) is 0.667. The van der Waals surface area contributed by atoms with Gasteiger partial charge in [0.25, 0.3) is 5.91 Å². The highest BCUT2D eigenvalue weighted by Crippen LogP contribution is 2.40. The van der Waals surface area contributed by atoms with E-state index in [-0.39, 0.29) is 29.0 Å². The quantitative estimate of drug-likeness (QED) is 0.717. The third kappa shape index (κ3) is 4.47. The van der Waals surface area contributed by atoms with Crippen LogP contribution in [0, 0.1) is 0 Å². The van der Waals surface area contributed by atoms with Crippen molar-refractivity contribution in [2.24, 2.45) is 0 Å². The second kappa shape index (κ2) is 7.44. The minimum Gasteiger partial charge on any atom is -0.422 e. The summed E-state index contributed by atoms with van der Waals surface area (Å²) in [6.45, 7) is 13.0. The van der Waals surface area contributed by atoms with Crippen molar-refractivity contribution in [3.05, 3.63) is 28.4 Å². The topological polar surface area (TPSA) is 90.1 Å². The molecule has 1 amide bonds. The lowest BCUT2D eigenvalue weighted by Crippen LogP contribution is -2.43. The minimum absolute atomic E-state index is 0.115. The van der Waals surface area contributed by atoms with Crippen LogP contribution in [0.2, 0.25) is 18.1 Å². The Morgan fingerprint density at radius 1 is 1.37 bits per heavy atom. The van der Waals surface area contributed by atoms with E-state index in [0.717, 1.165) is 12.8 Å². The van der Waals surface area contributed by atoms with Crippen molar-refractivity contribution in [1.82, 2.24) is 20.5 Å². The Labute approximate surface area is 165 Å². The first kappa shape index (κ1) is 20.2. The van der Waals surface area contributed by atoms with Crippen molar-refractivity contribution >= 4 is 25.6 Å². The van der Waals surface area contributed by atoms with E-state index in [1.807, 2.05) is 6.92 Å². The number of thiazole rings is 1. The van der Waals surface area contributed by atoms with Crippen LogP contribution in [0.3, 0.4) is 0 Å². The number of carbonyl (C=O) groups is 1. The minimum atomic E-state index is -1.90. The number of hydrogen-bond acceptors (Lipinski definition) is 7. The molecular formula is C18H28N4O3SSi. The molecule has 2 heterocycles. The molecule has 1 aliphatic rings. The molecule has 0 bridgehead atoms. The van der Waals surface area contributed by atoms with Gasteiger partial charge in [0, 0.05) is 23.5 Å². The van der Waals surface area contributed by atoms with Gasteiger partial charge in [-0.05, 0) is 37.9 Å². The molecule has 2 aromatic heterocycles. The van der Waals surface area contributed by atoms with E-state index in [2.05, 4.69) is 54.4 Å². The fourth-order valence-corrected chi connectivity index (χ4v) is 4.64. The molecule has 1 N–H and O–H groups in total. The van der Waals surface area contributed by atoms with Crippen LogP contribution in [-0.4, -0.2) is 35.4 Å². The molecule has 9 heteroatoms. The monoisotopic (exact) mass is 408 g/mol. The van der Waals surface area contributed by atoms with Crippen LogP contribution in [-0.2, 0) is 4.43 Å². The lowest BCUT2D eigenvalue weighted by molar-refractivity contribution is 0.0901. The smallest absolute Gasteiger partial charge is 0.280 e. The summed E-state index contributed by atoms with van der Waals surface area (Å²) in [7, 11) is -1.90. The summed E-state index contributed by atoms with van der Waals surface area (Å²) in [4.78, 5) is 16.1. The predicted octanol–water partition coefficient (Wildman–Crippen LogP) is 4.28. The van der Waals surface area contributed by atoms with Gasteiger partial charge in [-0.25, -0.2) is 4.98 Å². The Hall–Kier alpha value is -1.58. The van der Waals surface area contributed by atoms with Gasteiger partial charge in [-0.1, -0.05) is 20.8 Å². The van der Waals surface area contributed by atoms with Gasteiger partial charge in [-0.3, -0.25) is 4.79 Å². The second-order valence-electron chi connectivity index (χ2n) is 8.67. The largest absolute Gasteiger partial charge is 0.422 e. The Balaban J connectivity index is 1.52. The Morgan fingerprint density at radius 3 is 2.67 bits per heavy atom. The summed E-state index contributed by atoms with van der Waals surface area (Å²) >= 11 is 1.34. The average Bonchev–Trinajstić information content (AvgIpc) is 3.19. The predicted molar refractivity (Wildman–Crippen MR) is 106 cm³/mol. The van der Waals surface area contributed by atoms with Crippen LogP contribution >= 0.6 is 11.3 Å². The first-order valence-electron chi connectivity index (χ1n) is 9.28. The Morgan fingerprint density at radius 2 is 2.07 bits per heavy atom. The van der Waals surface area contributed by atoms with Crippen molar-refractivity contribution in [2.45, 2.75) is 76.7 Å². The summed E-state index contributed by atoms with van der Waals surface area (Å²) in [5.41, 5.74) is 0. The van der Waals surface area contributed by atoms with Gasteiger partial charge in [0.15, 0.2) is 13.3 Å². The van der Waals surface area contributed by atoms with Crippen LogP contribution in [0.1, 0.15) is 74.1 Å². The first-order valence-corrected chi connectivity index (χ1v) is 13.1. The third-order valence-corrected chi connectivity index (χ3v) is 10.9. The Kier molecular flexibility index (Phi) is 5.56. The van der Waals surface area contributed by atoms with Crippen LogP contribution in [0.15, 0.2) is 16.0 Å². The van der Waals surface area contributed by atoms with E-state index in [1.54, 1.807) is 11.6 Å². The lowest BCUT2D eigenvalue weighted by atomic mass is 9.80. The molecule has 3 rings (SSSR count). The van der Waals surface area contributed by atoms with Gasteiger partial charge in [0.2, 0.25) is 11.8 Å². The number of nitrogens with zero attached hydrogens (tertiary/aromatic N) is 3. The van der Waals surface area contributed by atoms with Gasteiger partial charge in [-0.2, -0.15) is 0 Å². The summed E-state index contributed by atoms with van der Waals surface area (Å²) in [5.74, 6) is 1.24. The summed E-state index contributed by atoms with van der Waals surface area (Å²) < 4.78 is 12.2. The van der Waals surface area contributed by atoms with Gasteiger partial charge in [0.1, 0.15) is 6.10 Å². The van der Waals surface area contributed by atoms with Gasteiger partial charge in [0.05, 0.1) is 0 Å². The van der Waals surface area contributed by atoms with Crippen LogP contribution in [0.25, 0.3) is 0 Å². The molecule has 27 heavy (non-hydrogen) atoms. The van der Waals surface area contributed by atoms with Crippen LogP contribution < -0.4 is 5.32 Å². The van der Waals surface area contributed by atoms with Crippen molar-refractivity contribution in [3.8, 4) is 0 Å². The van der Waals surface area contributed by atoms with Crippen molar-refractivity contribution in [3.63, 3.8) is 0 Å². The van der Waals surface area contributed by atoms with E-state index in [9.17, 15) is 4.79 Å². The molecule has 0 unspecified atom stereocenters. The SMILES string of the molecule is C[C@@H](O[Si](C)(C)C(C)(C)C)c1nnc(C2CC(NC(=O)c3nccs3)C2)o1. The maximum absolute atomic E-state index is 12.0. The molecule has 2 aromatic rings. The molecule has 1 saturated carbocycles. The average molecular weight is 409 g/mol. The number of nitrogens with one attached hydrogen (secondary N) is 1. The molecule has 1 fully saturated rings. The number of aromatic nitrogens is 3. The van der Waals surface area contributed by atoms with E-state index in [0.29, 0.717) is 16.8 Å². The van der Waals surface area contributed by atoms with Gasteiger partial charge in [-0.15, -0.1) is 21.5 Å². The molecule has 1 atom stereocenters. The lowest BCUT2D eigenvalue weighted by Gasteiger charge is -2.37. The maximum Gasteiger partial charge on any atom is 0.280 e. The fourth-order valence-electron chi connectivity index (χ4n) is 2.76. The molecule has 7 nitrogen and oxygen atoms in total. The number of hydrogen-bond donors (Lipinski definition) is 1. The number of rotatable bonds is 6. The standard InChI is InChI=1S/C18H28N4O3SSi/c1-11(25-27(5,6)18(2,3)4)15-21-22-16(24-15)12-9-13(10-12)20-14(23)17-19-7-8-26-17/h7-8,11-13H,9-10H2,1-6H3,(H,20,23)/t11-,12?,13?/m1/s1. The highest BCUT2D eigenvalue weighted by atomic mass is 32.1. The van der Waals surface area contributed by atoms with Gasteiger partial charge < -0.3 is 14.2 Å². The first-order chi connectivity index (χ1) is 12.6. The van der Waals surface area contributed by atoms with Crippen molar-refractivity contribution < 1.29 is 13.6 Å². The molecule has 0 aromatic carbocycles. The van der Waals surface area contributed by atoms with E-state index >= 15 is 0 Å². The number of carbonyl (C=O) groups excluding carboxylic acids is 1.